The van der Waals surface area contributed by atoms with Gasteiger partial charge in [-0.1, -0.05) is 115 Å². The molecule has 0 amide bonds. The van der Waals surface area contributed by atoms with Crippen LogP contribution in [0.25, 0.3) is 0 Å². The molecule has 6 heteroatoms. The van der Waals surface area contributed by atoms with Crippen LogP contribution < -0.4 is 4.74 Å². The van der Waals surface area contributed by atoms with Crippen LogP contribution in [-0.4, -0.2) is 56.7 Å². The van der Waals surface area contributed by atoms with Gasteiger partial charge in [0.15, 0.2) is 0 Å². The average molecular weight is 497 g/mol. The summed E-state index contributed by atoms with van der Waals surface area (Å²) in [6.07, 6.45) is 19.1. The molecule has 0 aliphatic carbocycles. The van der Waals surface area contributed by atoms with Crippen molar-refractivity contribution < 1.29 is 30.3 Å². The average Bonchev–Trinajstić information content (AvgIpc) is 2.88. The Kier molecular flexibility index (Phi) is 18.1. The third-order valence-corrected chi connectivity index (χ3v) is 6.78. The van der Waals surface area contributed by atoms with Gasteiger partial charge in [0.2, 0.25) is 0 Å². The summed E-state index contributed by atoms with van der Waals surface area (Å²) in [5, 5.41) is 48.1. The number of aryl methyl sites for hydroxylation is 1. The van der Waals surface area contributed by atoms with Crippen LogP contribution in [0.3, 0.4) is 0 Å². The summed E-state index contributed by atoms with van der Waals surface area (Å²) in [6.45, 7) is 0.587. The van der Waals surface area contributed by atoms with Crippen molar-refractivity contribution in [1.82, 2.24) is 0 Å². The van der Waals surface area contributed by atoms with Crippen molar-refractivity contribution in [2.75, 3.05) is 13.2 Å². The minimum absolute atomic E-state index is 0.265. The van der Waals surface area contributed by atoms with Gasteiger partial charge in [0, 0.05) is 0 Å². The predicted molar refractivity (Wildman–Crippen MR) is 141 cm³/mol. The third kappa shape index (κ3) is 14.2. The summed E-state index contributed by atoms with van der Waals surface area (Å²) in [5.74, 6) is -2.13. The molecule has 0 aliphatic rings. The fourth-order valence-corrected chi connectivity index (χ4v) is 4.39. The molecular weight excluding hydrogens is 444 g/mol. The molecule has 204 valence electrons. The summed E-state index contributed by atoms with van der Waals surface area (Å²) in [4.78, 5) is 0. The molecule has 3 atom stereocenters. The first-order chi connectivity index (χ1) is 17.0. The molecule has 3 unspecified atom stereocenters. The van der Waals surface area contributed by atoms with Gasteiger partial charge in [-0.2, -0.15) is 0 Å². The van der Waals surface area contributed by atoms with E-state index in [9.17, 15) is 20.4 Å². The quantitative estimate of drug-likeness (QED) is 0.104. The molecule has 0 bridgehead atoms. The van der Waals surface area contributed by atoms with Crippen LogP contribution in [-0.2, 0) is 6.42 Å². The molecule has 0 saturated heterocycles. The number of benzene rings is 1. The molecule has 1 aromatic rings. The largest absolute Gasteiger partial charge is 0.457 e. The SMILES string of the molecule is CCCCCCCCCCCCCCCCCCc1ccc(OC(O)(CO)C(O)C(O)CO)cc1. The van der Waals surface area contributed by atoms with Crippen LogP contribution in [0.4, 0.5) is 0 Å². The molecule has 0 heterocycles. The molecule has 1 aromatic carbocycles. The fourth-order valence-electron chi connectivity index (χ4n) is 4.39. The summed E-state index contributed by atoms with van der Waals surface area (Å²) >= 11 is 0. The molecule has 0 aromatic heterocycles. The van der Waals surface area contributed by atoms with E-state index in [0.717, 1.165) is 18.4 Å². The predicted octanol–water partition coefficient (Wildman–Crippen LogP) is 5.26. The Morgan fingerprint density at radius 1 is 0.686 bits per heavy atom. The number of hydrogen-bond donors (Lipinski definition) is 5. The molecule has 35 heavy (non-hydrogen) atoms. The molecule has 6 nitrogen and oxygen atoms in total. The van der Waals surface area contributed by atoms with E-state index in [1.165, 1.54) is 96.3 Å². The Labute approximate surface area is 213 Å². The van der Waals surface area contributed by atoms with Crippen LogP contribution >= 0.6 is 0 Å². The molecule has 1 rings (SSSR count). The summed E-state index contributed by atoms with van der Waals surface area (Å²) in [7, 11) is 0. The van der Waals surface area contributed by atoms with E-state index >= 15 is 0 Å². The van der Waals surface area contributed by atoms with Crippen LogP contribution in [0.5, 0.6) is 5.75 Å². The smallest absolute Gasteiger partial charge is 0.260 e. The Hall–Kier alpha value is -1.18. The lowest BCUT2D eigenvalue weighted by Crippen LogP contribution is -2.56. The molecule has 0 spiro atoms. The van der Waals surface area contributed by atoms with E-state index in [0.29, 0.717) is 0 Å². The van der Waals surface area contributed by atoms with E-state index in [-0.39, 0.29) is 5.75 Å². The Bertz CT molecular complexity index is 608. The lowest BCUT2D eigenvalue weighted by Gasteiger charge is -2.33. The van der Waals surface area contributed by atoms with E-state index in [1.54, 1.807) is 12.1 Å². The van der Waals surface area contributed by atoms with Crippen LogP contribution in [0.2, 0.25) is 0 Å². The lowest BCUT2D eigenvalue weighted by molar-refractivity contribution is -0.249. The first kappa shape index (κ1) is 31.8. The van der Waals surface area contributed by atoms with Crippen molar-refractivity contribution in [3.63, 3.8) is 0 Å². The molecule has 5 N–H and O–H groups in total. The second-order valence-electron chi connectivity index (χ2n) is 10.00. The number of unbranched alkanes of at least 4 members (excludes halogenated alkanes) is 15. The highest BCUT2D eigenvalue weighted by atomic mass is 16.7. The maximum Gasteiger partial charge on any atom is 0.260 e. The Morgan fingerprint density at radius 2 is 1.11 bits per heavy atom. The monoisotopic (exact) mass is 496 g/mol. The van der Waals surface area contributed by atoms with Gasteiger partial charge in [-0.25, -0.2) is 0 Å². The van der Waals surface area contributed by atoms with Gasteiger partial charge < -0.3 is 30.3 Å². The van der Waals surface area contributed by atoms with Crippen molar-refractivity contribution in [3.8, 4) is 5.75 Å². The first-order valence-corrected chi connectivity index (χ1v) is 14.0. The van der Waals surface area contributed by atoms with Gasteiger partial charge in [-0.15, -0.1) is 0 Å². The van der Waals surface area contributed by atoms with Gasteiger partial charge >= 0.3 is 0 Å². The van der Waals surface area contributed by atoms with Crippen molar-refractivity contribution in [1.29, 1.82) is 0 Å². The van der Waals surface area contributed by atoms with Crippen molar-refractivity contribution >= 4 is 0 Å². The second-order valence-corrected chi connectivity index (χ2v) is 10.00. The maximum absolute atomic E-state index is 10.3. The maximum atomic E-state index is 10.3. The summed E-state index contributed by atoms with van der Waals surface area (Å²) in [6, 6.07) is 7.13. The second kappa shape index (κ2) is 19.9. The first-order valence-electron chi connectivity index (χ1n) is 14.0. The summed E-state index contributed by atoms with van der Waals surface area (Å²) in [5.41, 5.74) is 1.16. The van der Waals surface area contributed by atoms with Crippen molar-refractivity contribution in [2.24, 2.45) is 0 Å². The van der Waals surface area contributed by atoms with Crippen LogP contribution in [0.15, 0.2) is 24.3 Å². The molecule has 0 aliphatic heterocycles. The van der Waals surface area contributed by atoms with E-state index in [2.05, 4.69) is 6.92 Å². The Morgan fingerprint density at radius 3 is 1.51 bits per heavy atom. The highest BCUT2D eigenvalue weighted by Gasteiger charge is 2.42. The van der Waals surface area contributed by atoms with E-state index in [1.807, 2.05) is 12.1 Å². The zero-order valence-electron chi connectivity index (χ0n) is 22.0. The van der Waals surface area contributed by atoms with Crippen LogP contribution in [0.1, 0.15) is 115 Å². The van der Waals surface area contributed by atoms with E-state index in [4.69, 9.17) is 9.84 Å². The van der Waals surface area contributed by atoms with Gasteiger partial charge in [0.1, 0.15) is 24.6 Å². The number of aliphatic hydroxyl groups is 5. The highest BCUT2D eigenvalue weighted by molar-refractivity contribution is 5.28. The topological polar surface area (TPSA) is 110 Å². The van der Waals surface area contributed by atoms with E-state index < -0.39 is 31.2 Å². The standard InChI is InChI=1S/C29H52O6/c1-2-3-4-5-6-7-8-9-10-11-12-13-14-15-16-17-18-25-19-21-26(22-20-25)35-29(34,24-31)28(33)27(32)23-30/h19-22,27-28,30-34H,2-18,23-24H2,1H3. The molecule has 0 radical (unpaired) electrons. The Balaban J connectivity index is 2.07. The van der Waals surface area contributed by atoms with Gasteiger partial charge in [-0.3, -0.25) is 0 Å². The number of aliphatic hydroxyl groups excluding tert-OH is 4. The number of ether oxygens (including phenoxy) is 1. The molecular formula is C29H52O6. The third-order valence-electron chi connectivity index (χ3n) is 6.78. The minimum atomic E-state index is -2.39. The van der Waals surface area contributed by atoms with Gasteiger partial charge in [0.25, 0.3) is 5.79 Å². The van der Waals surface area contributed by atoms with Crippen molar-refractivity contribution in [3.05, 3.63) is 29.8 Å². The summed E-state index contributed by atoms with van der Waals surface area (Å²) < 4.78 is 5.31. The number of rotatable bonds is 23. The molecule has 0 saturated carbocycles. The normalized spacial score (nSPS) is 15.0. The van der Waals surface area contributed by atoms with Crippen LogP contribution in [0, 0.1) is 0 Å². The van der Waals surface area contributed by atoms with Crippen molar-refractivity contribution in [2.45, 2.75) is 134 Å². The zero-order valence-corrected chi connectivity index (χ0v) is 22.0. The highest BCUT2D eigenvalue weighted by Crippen LogP contribution is 2.23. The minimum Gasteiger partial charge on any atom is -0.457 e. The molecule has 0 fully saturated rings. The zero-order chi connectivity index (χ0) is 25.8. The fraction of sp³-hybridized carbons (Fsp3) is 0.793. The van der Waals surface area contributed by atoms with Gasteiger partial charge in [0.05, 0.1) is 6.61 Å². The van der Waals surface area contributed by atoms with Gasteiger partial charge in [-0.05, 0) is 30.5 Å². The number of hydrogen-bond acceptors (Lipinski definition) is 6. The lowest BCUT2D eigenvalue weighted by atomic mass is 10.0.